The highest BCUT2D eigenvalue weighted by atomic mass is 16.6. The molecule has 0 bridgehead atoms. The van der Waals surface area contributed by atoms with E-state index in [4.69, 9.17) is 4.74 Å². The van der Waals surface area contributed by atoms with Gasteiger partial charge in [0.1, 0.15) is 11.1 Å². The van der Waals surface area contributed by atoms with Crippen molar-refractivity contribution in [3.05, 3.63) is 12.2 Å². The maximum absolute atomic E-state index is 13.2. The minimum Gasteiger partial charge on any atom is -0.480 e. The van der Waals surface area contributed by atoms with Crippen molar-refractivity contribution >= 4 is 11.9 Å². The summed E-state index contributed by atoms with van der Waals surface area (Å²) in [7, 11) is 0. The standard InChI is InChI=1S/C30H57NO4/c1-8-9-10-11-12-13-14-15-16-17-18-19-20-21-22-23-24-30(28(2,3)4,31-25-26(32)33)27(34)35-29(5,6)7/h15-16,31H,8-14,17-25H2,1-7H3,(H,32,33)/b16-15-. The quantitative estimate of drug-likeness (QED) is 0.101. The lowest BCUT2D eigenvalue weighted by Crippen LogP contribution is -2.63. The lowest BCUT2D eigenvalue weighted by Gasteiger charge is -2.44. The van der Waals surface area contributed by atoms with E-state index in [0.717, 1.165) is 19.3 Å². The molecule has 2 N–H and O–H groups in total. The second-order valence-electron chi connectivity index (χ2n) is 12.1. The molecule has 1 atom stereocenters. The zero-order chi connectivity index (χ0) is 26.8. The van der Waals surface area contributed by atoms with Crippen molar-refractivity contribution in [3.63, 3.8) is 0 Å². The number of carbonyl (C=O) groups excluding carboxylic acids is 1. The first-order valence-electron chi connectivity index (χ1n) is 14.2. The first kappa shape index (κ1) is 33.6. The summed E-state index contributed by atoms with van der Waals surface area (Å²) in [6, 6.07) is 0. The van der Waals surface area contributed by atoms with Crippen molar-refractivity contribution in [2.45, 2.75) is 156 Å². The Morgan fingerprint density at radius 1 is 0.743 bits per heavy atom. The summed E-state index contributed by atoms with van der Waals surface area (Å²) in [4.78, 5) is 24.5. The number of nitrogens with one attached hydrogen (secondary N) is 1. The van der Waals surface area contributed by atoms with Crippen LogP contribution in [-0.2, 0) is 14.3 Å². The van der Waals surface area contributed by atoms with E-state index in [2.05, 4.69) is 24.4 Å². The molecular weight excluding hydrogens is 438 g/mol. The van der Waals surface area contributed by atoms with E-state index in [0.29, 0.717) is 6.42 Å². The highest BCUT2D eigenvalue weighted by Gasteiger charge is 2.50. The van der Waals surface area contributed by atoms with Crippen LogP contribution >= 0.6 is 0 Å². The Kier molecular flexibility index (Phi) is 17.3. The molecule has 1 unspecified atom stereocenters. The van der Waals surface area contributed by atoms with E-state index in [1.807, 2.05) is 41.5 Å². The van der Waals surface area contributed by atoms with Crippen molar-refractivity contribution in [1.29, 1.82) is 0 Å². The van der Waals surface area contributed by atoms with E-state index in [1.165, 1.54) is 70.6 Å². The van der Waals surface area contributed by atoms with Gasteiger partial charge in [-0.2, -0.15) is 0 Å². The SMILES string of the molecule is CCCCCCCC/C=C\CCCCCCCCC(NCC(=O)O)(C(=O)OC(C)(C)C)C(C)(C)C. The maximum atomic E-state index is 13.2. The summed E-state index contributed by atoms with van der Waals surface area (Å²) in [5.74, 6) is -1.32. The summed E-state index contributed by atoms with van der Waals surface area (Å²) in [6.07, 6.45) is 22.5. The van der Waals surface area contributed by atoms with Crippen LogP contribution in [0.25, 0.3) is 0 Å². The first-order chi connectivity index (χ1) is 16.4. The Balaban J connectivity index is 4.37. The monoisotopic (exact) mass is 495 g/mol. The average molecular weight is 496 g/mol. The predicted molar refractivity (Wildman–Crippen MR) is 148 cm³/mol. The molecule has 0 fully saturated rings. The fourth-order valence-corrected chi connectivity index (χ4v) is 4.44. The number of rotatable bonds is 20. The van der Waals surface area contributed by atoms with Crippen LogP contribution in [0.1, 0.15) is 145 Å². The van der Waals surface area contributed by atoms with Crippen LogP contribution in [-0.4, -0.2) is 34.7 Å². The number of carboxylic acid groups (broad SMARTS) is 1. The van der Waals surface area contributed by atoms with E-state index in [9.17, 15) is 14.7 Å². The molecule has 5 nitrogen and oxygen atoms in total. The van der Waals surface area contributed by atoms with Gasteiger partial charge in [0.05, 0.1) is 6.54 Å². The minimum absolute atomic E-state index is 0.261. The number of hydrogen-bond donors (Lipinski definition) is 2. The highest BCUT2D eigenvalue weighted by molar-refractivity contribution is 5.83. The fourth-order valence-electron chi connectivity index (χ4n) is 4.44. The van der Waals surface area contributed by atoms with Crippen molar-refractivity contribution in [3.8, 4) is 0 Å². The largest absolute Gasteiger partial charge is 0.480 e. The number of unbranched alkanes of at least 4 members (excludes halogenated alkanes) is 12. The van der Waals surface area contributed by atoms with Gasteiger partial charge in [-0.05, 0) is 58.3 Å². The molecule has 0 spiro atoms. The predicted octanol–water partition coefficient (Wildman–Crippen LogP) is 8.21. The molecule has 5 heteroatoms. The van der Waals surface area contributed by atoms with Gasteiger partial charge in [-0.25, -0.2) is 0 Å². The van der Waals surface area contributed by atoms with Gasteiger partial charge in [-0.15, -0.1) is 0 Å². The Hall–Kier alpha value is -1.36. The molecule has 0 aromatic rings. The topological polar surface area (TPSA) is 75.6 Å². The van der Waals surface area contributed by atoms with Crippen LogP contribution in [0.15, 0.2) is 12.2 Å². The third kappa shape index (κ3) is 16.1. The number of allylic oxidation sites excluding steroid dienone is 2. The lowest BCUT2D eigenvalue weighted by molar-refractivity contribution is -0.169. The number of esters is 1. The molecule has 0 saturated heterocycles. The van der Waals surface area contributed by atoms with Crippen LogP contribution in [0.4, 0.5) is 0 Å². The number of ether oxygens (including phenoxy) is 1. The number of aliphatic carboxylic acids is 1. The average Bonchev–Trinajstić information content (AvgIpc) is 2.73. The normalized spacial score (nSPS) is 14.3. The van der Waals surface area contributed by atoms with E-state index in [1.54, 1.807) is 0 Å². The highest BCUT2D eigenvalue weighted by Crippen LogP contribution is 2.37. The van der Waals surface area contributed by atoms with Crippen LogP contribution in [0.3, 0.4) is 0 Å². The van der Waals surface area contributed by atoms with Gasteiger partial charge in [0.15, 0.2) is 0 Å². The number of carbonyl (C=O) groups is 2. The first-order valence-corrected chi connectivity index (χ1v) is 14.2. The Bertz CT molecular complexity index is 600. The summed E-state index contributed by atoms with van der Waals surface area (Å²) < 4.78 is 5.74. The van der Waals surface area contributed by atoms with Gasteiger partial charge in [-0.3, -0.25) is 14.9 Å². The van der Waals surface area contributed by atoms with Gasteiger partial charge in [-0.1, -0.05) is 104 Å². The molecular formula is C30H57NO4. The van der Waals surface area contributed by atoms with Gasteiger partial charge in [0, 0.05) is 0 Å². The molecule has 206 valence electrons. The Labute approximate surface area is 216 Å². The van der Waals surface area contributed by atoms with Gasteiger partial charge >= 0.3 is 11.9 Å². The van der Waals surface area contributed by atoms with Gasteiger partial charge in [0.2, 0.25) is 0 Å². The number of carboxylic acids is 1. The second kappa shape index (κ2) is 18.0. The molecule has 0 heterocycles. The second-order valence-corrected chi connectivity index (χ2v) is 12.1. The van der Waals surface area contributed by atoms with Crippen LogP contribution in [0.2, 0.25) is 0 Å². The summed E-state index contributed by atoms with van der Waals surface area (Å²) in [5.41, 5.74) is -2.13. The van der Waals surface area contributed by atoms with Crippen LogP contribution < -0.4 is 5.32 Å². The van der Waals surface area contributed by atoms with Gasteiger partial charge < -0.3 is 9.84 Å². The van der Waals surface area contributed by atoms with Gasteiger partial charge in [0.25, 0.3) is 0 Å². The summed E-state index contributed by atoms with van der Waals surface area (Å²) in [5, 5.41) is 12.3. The molecule has 0 aliphatic rings. The van der Waals surface area contributed by atoms with Crippen LogP contribution in [0.5, 0.6) is 0 Å². The minimum atomic E-state index is -1.03. The van der Waals surface area contributed by atoms with Crippen molar-refractivity contribution in [2.24, 2.45) is 5.41 Å². The molecule has 0 radical (unpaired) electrons. The molecule has 0 aromatic heterocycles. The fraction of sp³-hybridized carbons (Fsp3) is 0.867. The molecule has 35 heavy (non-hydrogen) atoms. The molecule has 0 rings (SSSR count). The molecule has 0 aliphatic carbocycles. The zero-order valence-electron chi connectivity index (χ0n) is 24.1. The number of hydrogen-bond acceptors (Lipinski definition) is 4. The maximum Gasteiger partial charge on any atom is 0.327 e. The molecule has 0 saturated carbocycles. The molecule has 0 amide bonds. The van der Waals surface area contributed by atoms with Crippen molar-refractivity contribution in [1.82, 2.24) is 5.32 Å². The summed E-state index contributed by atoms with van der Waals surface area (Å²) in [6.45, 7) is 13.5. The van der Waals surface area contributed by atoms with E-state index >= 15 is 0 Å². The van der Waals surface area contributed by atoms with Crippen LogP contribution in [0, 0.1) is 5.41 Å². The van der Waals surface area contributed by atoms with Crippen molar-refractivity contribution < 1.29 is 19.4 Å². The third-order valence-corrected chi connectivity index (χ3v) is 6.63. The lowest BCUT2D eigenvalue weighted by atomic mass is 9.70. The van der Waals surface area contributed by atoms with E-state index < -0.39 is 22.5 Å². The summed E-state index contributed by atoms with van der Waals surface area (Å²) >= 11 is 0. The molecule has 0 aromatic carbocycles. The Morgan fingerprint density at radius 2 is 1.20 bits per heavy atom. The smallest absolute Gasteiger partial charge is 0.327 e. The Morgan fingerprint density at radius 3 is 1.63 bits per heavy atom. The molecule has 0 aliphatic heterocycles. The zero-order valence-corrected chi connectivity index (χ0v) is 24.1. The van der Waals surface area contributed by atoms with E-state index in [-0.39, 0.29) is 12.5 Å². The van der Waals surface area contributed by atoms with Crippen molar-refractivity contribution in [2.75, 3.05) is 6.54 Å². The third-order valence-electron chi connectivity index (χ3n) is 6.63.